The molecular formula is C13H26N2S. The largest absolute Gasteiger partial charge is 0.329 e. The molecule has 2 aliphatic rings. The molecule has 1 saturated heterocycles. The molecule has 2 nitrogen and oxygen atoms in total. The van der Waals surface area contributed by atoms with E-state index in [9.17, 15) is 0 Å². The van der Waals surface area contributed by atoms with E-state index in [1.54, 1.807) is 0 Å². The summed E-state index contributed by atoms with van der Waals surface area (Å²) in [7, 11) is 0. The average molecular weight is 242 g/mol. The molecule has 2 N–H and O–H groups in total. The lowest BCUT2D eigenvalue weighted by atomic mass is 9.95. The summed E-state index contributed by atoms with van der Waals surface area (Å²) in [4.78, 5) is 2.67. The van der Waals surface area contributed by atoms with Crippen molar-refractivity contribution in [1.82, 2.24) is 4.90 Å². The highest BCUT2D eigenvalue weighted by Gasteiger charge is 2.34. The van der Waals surface area contributed by atoms with Gasteiger partial charge in [-0.15, -0.1) is 0 Å². The Morgan fingerprint density at radius 2 is 2.06 bits per heavy atom. The highest BCUT2D eigenvalue weighted by Crippen LogP contribution is 2.35. The third kappa shape index (κ3) is 2.93. The molecule has 1 atom stereocenters. The van der Waals surface area contributed by atoms with Crippen LogP contribution in [0.15, 0.2) is 0 Å². The first-order valence-corrected chi connectivity index (χ1v) is 7.69. The lowest BCUT2D eigenvalue weighted by Gasteiger charge is -2.43. The van der Waals surface area contributed by atoms with Crippen molar-refractivity contribution in [2.45, 2.75) is 50.3 Å². The Morgan fingerprint density at radius 1 is 1.38 bits per heavy atom. The Hall–Kier alpha value is 0.270. The van der Waals surface area contributed by atoms with Crippen LogP contribution >= 0.6 is 11.8 Å². The number of nitrogens with two attached hydrogens (primary N) is 1. The average Bonchev–Trinajstić information content (AvgIpc) is 2.71. The third-order valence-electron chi connectivity index (χ3n) is 4.11. The second-order valence-electron chi connectivity index (χ2n) is 5.93. The molecule has 1 aliphatic heterocycles. The van der Waals surface area contributed by atoms with Crippen LogP contribution in [-0.4, -0.2) is 41.1 Å². The maximum Gasteiger partial charge on any atom is 0.0247 e. The van der Waals surface area contributed by atoms with Crippen LogP contribution < -0.4 is 5.73 Å². The van der Waals surface area contributed by atoms with E-state index in [4.69, 9.17) is 5.73 Å². The van der Waals surface area contributed by atoms with E-state index in [2.05, 4.69) is 30.5 Å². The molecule has 0 bridgehead atoms. The van der Waals surface area contributed by atoms with E-state index in [0.29, 0.717) is 10.8 Å². The van der Waals surface area contributed by atoms with Crippen molar-refractivity contribution in [3.05, 3.63) is 0 Å². The van der Waals surface area contributed by atoms with Gasteiger partial charge in [0.15, 0.2) is 0 Å². The Balaban J connectivity index is 1.97. The first kappa shape index (κ1) is 12.7. The van der Waals surface area contributed by atoms with Gasteiger partial charge in [-0.25, -0.2) is 0 Å². The minimum Gasteiger partial charge on any atom is -0.329 e. The SMILES string of the molecule is CC1(C)CN(C(CN)C2CCCC2)CCS1. The molecule has 0 amide bonds. The molecular weight excluding hydrogens is 216 g/mol. The zero-order valence-electron chi connectivity index (χ0n) is 10.7. The van der Waals surface area contributed by atoms with Crippen LogP contribution in [0, 0.1) is 5.92 Å². The van der Waals surface area contributed by atoms with Crippen LogP contribution in [0.25, 0.3) is 0 Å². The third-order valence-corrected chi connectivity index (χ3v) is 5.41. The number of thioether (sulfide) groups is 1. The second-order valence-corrected chi connectivity index (χ2v) is 7.73. The minimum atomic E-state index is 0.421. The molecule has 0 spiro atoms. The summed E-state index contributed by atoms with van der Waals surface area (Å²) in [6, 6.07) is 0.655. The van der Waals surface area contributed by atoms with Gasteiger partial charge in [0.2, 0.25) is 0 Å². The van der Waals surface area contributed by atoms with Gasteiger partial charge < -0.3 is 5.73 Å². The van der Waals surface area contributed by atoms with Crippen molar-refractivity contribution in [3.8, 4) is 0 Å². The number of rotatable bonds is 3. The molecule has 3 heteroatoms. The van der Waals surface area contributed by atoms with E-state index in [-0.39, 0.29) is 0 Å². The summed E-state index contributed by atoms with van der Waals surface area (Å²) in [6.07, 6.45) is 5.66. The summed E-state index contributed by atoms with van der Waals surface area (Å²) in [5.74, 6) is 2.15. The Morgan fingerprint density at radius 3 is 2.62 bits per heavy atom. The molecule has 0 radical (unpaired) electrons. The van der Waals surface area contributed by atoms with Crippen molar-refractivity contribution in [3.63, 3.8) is 0 Å². The molecule has 94 valence electrons. The van der Waals surface area contributed by atoms with Gasteiger partial charge in [0.25, 0.3) is 0 Å². The zero-order chi connectivity index (χ0) is 11.6. The van der Waals surface area contributed by atoms with E-state index < -0.39 is 0 Å². The predicted molar refractivity (Wildman–Crippen MR) is 72.9 cm³/mol. The summed E-state index contributed by atoms with van der Waals surface area (Å²) in [5, 5.41) is 0. The first-order valence-electron chi connectivity index (χ1n) is 6.70. The van der Waals surface area contributed by atoms with Crippen molar-refractivity contribution >= 4 is 11.8 Å². The topological polar surface area (TPSA) is 29.3 Å². The minimum absolute atomic E-state index is 0.421. The van der Waals surface area contributed by atoms with Gasteiger partial charge in [0.1, 0.15) is 0 Å². The van der Waals surface area contributed by atoms with Gasteiger partial charge in [-0.3, -0.25) is 4.90 Å². The van der Waals surface area contributed by atoms with Crippen LogP contribution in [0.3, 0.4) is 0 Å². The Kier molecular flexibility index (Phi) is 4.20. The molecule has 0 aromatic heterocycles. The van der Waals surface area contributed by atoms with Gasteiger partial charge in [0, 0.05) is 36.2 Å². The molecule has 1 saturated carbocycles. The predicted octanol–water partition coefficient (Wildman–Crippen LogP) is 2.33. The fourth-order valence-electron chi connectivity index (χ4n) is 3.32. The lowest BCUT2D eigenvalue weighted by molar-refractivity contribution is 0.140. The maximum absolute atomic E-state index is 6.02. The number of hydrogen-bond acceptors (Lipinski definition) is 3. The van der Waals surface area contributed by atoms with Crippen LogP contribution in [0.5, 0.6) is 0 Å². The molecule has 0 aromatic rings. The highest BCUT2D eigenvalue weighted by molar-refractivity contribution is 8.00. The summed E-state index contributed by atoms with van der Waals surface area (Å²) >= 11 is 2.11. The zero-order valence-corrected chi connectivity index (χ0v) is 11.6. The molecule has 2 fully saturated rings. The van der Waals surface area contributed by atoms with Gasteiger partial charge >= 0.3 is 0 Å². The van der Waals surface area contributed by atoms with Gasteiger partial charge in [-0.2, -0.15) is 11.8 Å². The van der Waals surface area contributed by atoms with Crippen LogP contribution in [-0.2, 0) is 0 Å². The molecule has 16 heavy (non-hydrogen) atoms. The molecule has 2 rings (SSSR count). The lowest BCUT2D eigenvalue weighted by Crippen LogP contribution is -2.53. The normalized spacial score (nSPS) is 29.4. The van der Waals surface area contributed by atoms with Crippen LogP contribution in [0.1, 0.15) is 39.5 Å². The van der Waals surface area contributed by atoms with Gasteiger partial charge in [0.05, 0.1) is 0 Å². The standard InChI is InChI=1S/C13H26N2S/c1-13(2)10-15(7-8-16-13)12(9-14)11-5-3-4-6-11/h11-12H,3-10,14H2,1-2H3. The van der Waals surface area contributed by atoms with Crippen molar-refractivity contribution in [1.29, 1.82) is 0 Å². The molecule has 1 heterocycles. The Bertz CT molecular complexity index is 224. The first-order chi connectivity index (χ1) is 7.62. The summed E-state index contributed by atoms with van der Waals surface area (Å²) < 4.78 is 0.421. The molecule has 1 unspecified atom stereocenters. The van der Waals surface area contributed by atoms with Crippen molar-refractivity contribution < 1.29 is 0 Å². The van der Waals surface area contributed by atoms with Crippen molar-refractivity contribution in [2.75, 3.05) is 25.4 Å². The van der Waals surface area contributed by atoms with Crippen LogP contribution in [0.2, 0.25) is 0 Å². The maximum atomic E-state index is 6.02. The summed E-state index contributed by atoms with van der Waals surface area (Å²) in [5.41, 5.74) is 6.02. The van der Waals surface area contributed by atoms with E-state index in [0.717, 1.165) is 12.5 Å². The fraction of sp³-hybridized carbons (Fsp3) is 1.00. The van der Waals surface area contributed by atoms with Gasteiger partial charge in [-0.1, -0.05) is 12.8 Å². The monoisotopic (exact) mass is 242 g/mol. The summed E-state index contributed by atoms with van der Waals surface area (Å²) in [6.45, 7) is 8.05. The highest BCUT2D eigenvalue weighted by atomic mass is 32.2. The van der Waals surface area contributed by atoms with E-state index in [1.807, 2.05) is 0 Å². The molecule has 1 aliphatic carbocycles. The van der Waals surface area contributed by atoms with Crippen LogP contribution in [0.4, 0.5) is 0 Å². The number of hydrogen-bond donors (Lipinski definition) is 1. The van der Waals surface area contributed by atoms with Crippen molar-refractivity contribution in [2.24, 2.45) is 11.7 Å². The Labute approximate surface area is 104 Å². The quantitative estimate of drug-likeness (QED) is 0.823. The second kappa shape index (κ2) is 5.28. The van der Waals surface area contributed by atoms with E-state index >= 15 is 0 Å². The fourth-order valence-corrected chi connectivity index (χ4v) is 4.45. The molecule has 0 aromatic carbocycles. The smallest absolute Gasteiger partial charge is 0.0247 e. The van der Waals surface area contributed by atoms with E-state index in [1.165, 1.54) is 44.5 Å². The number of nitrogens with zero attached hydrogens (tertiary/aromatic N) is 1. The van der Waals surface area contributed by atoms with Gasteiger partial charge in [-0.05, 0) is 32.6 Å².